The van der Waals surface area contributed by atoms with Crippen molar-refractivity contribution in [2.75, 3.05) is 33.4 Å². The first-order valence-electron chi connectivity index (χ1n) is 8.53. The molecule has 1 aliphatic rings. The van der Waals surface area contributed by atoms with Gasteiger partial charge in [-0.25, -0.2) is 0 Å². The number of ether oxygens (including phenoxy) is 2. The number of methoxy groups -OCH3 is 1. The lowest BCUT2D eigenvalue weighted by atomic mass is 9.78. The van der Waals surface area contributed by atoms with Gasteiger partial charge >= 0.3 is 0 Å². The Morgan fingerprint density at radius 1 is 1.39 bits per heavy atom. The van der Waals surface area contributed by atoms with Crippen LogP contribution in [0.3, 0.4) is 0 Å². The third kappa shape index (κ3) is 8.54. The summed E-state index contributed by atoms with van der Waals surface area (Å²) in [4.78, 5) is 4.78. The van der Waals surface area contributed by atoms with Gasteiger partial charge in [0.2, 0.25) is 0 Å². The Labute approximate surface area is 159 Å². The predicted octanol–water partition coefficient (Wildman–Crippen LogP) is 3.04. The average Bonchev–Trinajstić information content (AvgIpc) is 2.44. The van der Waals surface area contributed by atoms with Crippen molar-refractivity contribution < 1.29 is 9.47 Å². The van der Waals surface area contributed by atoms with Crippen molar-refractivity contribution >= 4 is 29.9 Å². The van der Waals surface area contributed by atoms with Gasteiger partial charge in [-0.1, -0.05) is 20.8 Å². The van der Waals surface area contributed by atoms with Crippen LogP contribution in [0.4, 0.5) is 0 Å². The fourth-order valence-corrected chi connectivity index (χ4v) is 3.04. The fourth-order valence-electron chi connectivity index (χ4n) is 3.04. The number of nitrogens with one attached hydrogen (secondary N) is 2. The van der Waals surface area contributed by atoms with Crippen molar-refractivity contribution in [1.29, 1.82) is 0 Å². The zero-order valence-electron chi connectivity index (χ0n) is 15.6. The van der Waals surface area contributed by atoms with Gasteiger partial charge in [0.15, 0.2) is 5.96 Å². The monoisotopic (exact) mass is 441 g/mol. The van der Waals surface area contributed by atoms with E-state index in [1.807, 2.05) is 0 Å². The van der Waals surface area contributed by atoms with Gasteiger partial charge in [0.25, 0.3) is 0 Å². The van der Waals surface area contributed by atoms with E-state index in [-0.39, 0.29) is 41.5 Å². The standard InChI is InChI=1S/C17H35N3O2.HI/c1-7-18-16(20-13(2)12-21-6)19-11-14-9-8-10-22-15(14)17(3,4)5;/h13-15H,7-12H2,1-6H3,(H2,18,19,20);1H. The first-order chi connectivity index (χ1) is 10.4. The Balaban J connectivity index is 0.00000484. The molecule has 0 amide bonds. The van der Waals surface area contributed by atoms with Crippen LogP contribution in [0, 0.1) is 11.3 Å². The third-order valence-electron chi connectivity index (χ3n) is 3.93. The molecule has 23 heavy (non-hydrogen) atoms. The largest absolute Gasteiger partial charge is 0.383 e. The van der Waals surface area contributed by atoms with E-state index >= 15 is 0 Å². The van der Waals surface area contributed by atoms with Crippen LogP contribution in [-0.4, -0.2) is 51.5 Å². The Bertz CT molecular complexity index is 345. The van der Waals surface area contributed by atoms with Crippen LogP contribution in [0.15, 0.2) is 4.99 Å². The minimum Gasteiger partial charge on any atom is -0.383 e. The summed E-state index contributed by atoms with van der Waals surface area (Å²) in [6.07, 6.45) is 2.61. The molecular weight excluding hydrogens is 405 g/mol. The van der Waals surface area contributed by atoms with E-state index in [1.54, 1.807) is 7.11 Å². The van der Waals surface area contributed by atoms with E-state index in [0.717, 1.165) is 32.1 Å². The quantitative estimate of drug-likeness (QED) is 0.378. The predicted molar refractivity (Wildman–Crippen MR) is 108 cm³/mol. The normalized spacial score (nSPS) is 23.8. The van der Waals surface area contributed by atoms with Gasteiger partial charge in [0.1, 0.15) is 0 Å². The summed E-state index contributed by atoms with van der Waals surface area (Å²) in [6.45, 7) is 14.1. The molecule has 6 heteroatoms. The summed E-state index contributed by atoms with van der Waals surface area (Å²) in [7, 11) is 1.72. The van der Waals surface area contributed by atoms with Crippen molar-refractivity contribution in [3.8, 4) is 0 Å². The highest BCUT2D eigenvalue weighted by molar-refractivity contribution is 14.0. The topological polar surface area (TPSA) is 54.9 Å². The highest BCUT2D eigenvalue weighted by Crippen LogP contribution is 2.34. The molecule has 0 radical (unpaired) electrons. The molecule has 1 rings (SSSR count). The molecule has 138 valence electrons. The molecule has 0 aromatic carbocycles. The molecule has 0 saturated carbocycles. The summed E-state index contributed by atoms with van der Waals surface area (Å²) in [5.41, 5.74) is 0.162. The molecule has 0 aliphatic carbocycles. The molecule has 0 bridgehead atoms. The summed E-state index contributed by atoms with van der Waals surface area (Å²) >= 11 is 0. The number of nitrogens with zero attached hydrogens (tertiary/aromatic N) is 1. The molecule has 1 fully saturated rings. The Morgan fingerprint density at radius 2 is 2.09 bits per heavy atom. The Morgan fingerprint density at radius 3 is 2.65 bits per heavy atom. The maximum absolute atomic E-state index is 6.04. The SMILES string of the molecule is CCNC(=NCC1CCCOC1C(C)(C)C)NC(C)COC.I. The molecule has 0 aromatic heterocycles. The Hall–Kier alpha value is -0.0800. The van der Waals surface area contributed by atoms with E-state index in [2.05, 4.69) is 45.3 Å². The molecule has 1 saturated heterocycles. The molecule has 1 heterocycles. The number of guanidine groups is 1. The first-order valence-corrected chi connectivity index (χ1v) is 8.53. The van der Waals surface area contributed by atoms with Gasteiger partial charge in [0.05, 0.1) is 12.7 Å². The zero-order chi connectivity index (χ0) is 16.6. The lowest BCUT2D eigenvalue weighted by Gasteiger charge is -2.39. The fraction of sp³-hybridized carbons (Fsp3) is 0.941. The van der Waals surface area contributed by atoms with Crippen LogP contribution in [0.2, 0.25) is 0 Å². The van der Waals surface area contributed by atoms with Crippen molar-refractivity contribution in [1.82, 2.24) is 10.6 Å². The van der Waals surface area contributed by atoms with Crippen molar-refractivity contribution in [2.45, 2.75) is 59.6 Å². The zero-order valence-corrected chi connectivity index (χ0v) is 18.0. The van der Waals surface area contributed by atoms with Gasteiger partial charge in [-0.2, -0.15) is 0 Å². The lowest BCUT2D eigenvalue weighted by molar-refractivity contribution is -0.0823. The highest BCUT2D eigenvalue weighted by atomic mass is 127. The molecule has 5 nitrogen and oxygen atoms in total. The maximum atomic E-state index is 6.04. The second kappa shape index (κ2) is 11.5. The second-order valence-electron chi connectivity index (χ2n) is 7.28. The van der Waals surface area contributed by atoms with Crippen molar-refractivity contribution in [2.24, 2.45) is 16.3 Å². The Kier molecular flexibility index (Phi) is 11.4. The minimum absolute atomic E-state index is 0. The second-order valence-corrected chi connectivity index (χ2v) is 7.28. The van der Waals surface area contributed by atoms with E-state index in [4.69, 9.17) is 14.5 Å². The van der Waals surface area contributed by atoms with Gasteiger partial charge in [-0.05, 0) is 32.1 Å². The number of rotatable bonds is 6. The average molecular weight is 441 g/mol. The molecule has 2 N–H and O–H groups in total. The number of halogens is 1. The van der Waals surface area contributed by atoms with Crippen molar-refractivity contribution in [3.63, 3.8) is 0 Å². The van der Waals surface area contributed by atoms with E-state index in [1.165, 1.54) is 6.42 Å². The summed E-state index contributed by atoms with van der Waals surface area (Å²) in [5.74, 6) is 1.35. The summed E-state index contributed by atoms with van der Waals surface area (Å²) in [5, 5.41) is 6.69. The highest BCUT2D eigenvalue weighted by Gasteiger charge is 2.35. The van der Waals surface area contributed by atoms with Crippen LogP contribution in [-0.2, 0) is 9.47 Å². The molecule has 3 unspecified atom stereocenters. The minimum atomic E-state index is 0. The van der Waals surface area contributed by atoms with Crippen LogP contribution < -0.4 is 10.6 Å². The summed E-state index contributed by atoms with van der Waals surface area (Å²) in [6, 6.07) is 0.240. The van der Waals surface area contributed by atoms with Crippen LogP contribution in [0.5, 0.6) is 0 Å². The van der Waals surface area contributed by atoms with Crippen molar-refractivity contribution in [3.05, 3.63) is 0 Å². The van der Waals surface area contributed by atoms with Gasteiger partial charge in [-0.3, -0.25) is 4.99 Å². The lowest BCUT2D eigenvalue weighted by Crippen LogP contribution is -2.45. The molecule has 0 aromatic rings. The molecular formula is C17H36IN3O2. The molecule has 1 aliphatic heterocycles. The van der Waals surface area contributed by atoms with E-state index < -0.39 is 0 Å². The summed E-state index contributed by atoms with van der Waals surface area (Å²) < 4.78 is 11.2. The van der Waals surface area contributed by atoms with E-state index in [9.17, 15) is 0 Å². The number of hydrogen-bond donors (Lipinski definition) is 2. The van der Waals surface area contributed by atoms with Gasteiger partial charge in [0, 0.05) is 38.8 Å². The number of hydrogen-bond acceptors (Lipinski definition) is 3. The smallest absolute Gasteiger partial charge is 0.191 e. The van der Waals surface area contributed by atoms with Crippen LogP contribution in [0.1, 0.15) is 47.5 Å². The maximum Gasteiger partial charge on any atom is 0.191 e. The molecule has 0 spiro atoms. The van der Waals surface area contributed by atoms with Crippen LogP contribution in [0.25, 0.3) is 0 Å². The van der Waals surface area contributed by atoms with E-state index in [0.29, 0.717) is 12.5 Å². The van der Waals surface area contributed by atoms with Gasteiger partial charge in [-0.15, -0.1) is 24.0 Å². The van der Waals surface area contributed by atoms with Gasteiger partial charge < -0.3 is 20.1 Å². The third-order valence-corrected chi connectivity index (χ3v) is 3.93. The number of aliphatic imine (C=N–C) groups is 1. The first kappa shape index (κ1) is 22.9. The molecule has 3 atom stereocenters. The van der Waals surface area contributed by atoms with Crippen LogP contribution >= 0.6 is 24.0 Å².